The number of carboxylic acids is 1. The molecule has 0 saturated carbocycles. The van der Waals surface area contributed by atoms with Crippen molar-refractivity contribution in [2.75, 3.05) is 23.7 Å². The summed E-state index contributed by atoms with van der Waals surface area (Å²) in [7, 11) is 0. The van der Waals surface area contributed by atoms with Crippen molar-refractivity contribution in [2.24, 2.45) is 0 Å². The Bertz CT molecular complexity index is 436. The molecule has 2 heterocycles. The Kier molecular flexibility index (Phi) is 3.24. The smallest absolute Gasteiger partial charge is 0.354 e. The number of aromatic carboxylic acids is 1. The zero-order chi connectivity index (χ0) is 12.5. The second-order valence-electron chi connectivity index (χ2n) is 4.58. The Hall–Kier alpha value is -1.30. The van der Waals surface area contributed by atoms with Gasteiger partial charge < -0.3 is 10.0 Å². The topological polar surface area (TPSA) is 66.3 Å². The largest absolute Gasteiger partial charge is 0.477 e. The highest BCUT2D eigenvalue weighted by atomic mass is 32.2. The first kappa shape index (κ1) is 12.2. The van der Waals surface area contributed by atoms with E-state index in [4.69, 9.17) is 5.11 Å². The zero-order valence-corrected chi connectivity index (χ0v) is 10.7. The lowest BCUT2D eigenvalue weighted by molar-refractivity contribution is 0.0690. The van der Waals surface area contributed by atoms with Gasteiger partial charge in [-0.2, -0.15) is 11.8 Å². The molecule has 0 aliphatic carbocycles. The molecule has 5 nitrogen and oxygen atoms in total. The van der Waals surface area contributed by atoms with E-state index in [9.17, 15) is 4.79 Å². The molecular formula is C11H15N3O2S. The van der Waals surface area contributed by atoms with E-state index in [0.29, 0.717) is 5.95 Å². The molecule has 0 bridgehead atoms. The fourth-order valence-electron chi connectivity index (χ4n) is 1.81. The van der Waals surface area contributed by atoms with Gasteiger partial charge in [0, 0.05) is 29.8 Å². The summed E-state index contributed by atoms with van der Waals surface area (Å²) in [5, 5.41) is 8.90. The van der Waals surface area contributed by atoms with E-state index in [-0.39, 0.29) is 10.4 Å². The number of carboxylic acid groups (broad SMARTS) is 1. The van der Waals surface area contributed by atoms with E-state index in [0.717, 1.165) is 18.8 Å². The van der Waals surface area contributed by atoms with Gasteiger partial charge >= 0.3 is 5.97 Å². The highest BCUT2D eigenvalue weighted by molar-refractivity contribution is 8.00. The van der Waals surface area contributed by atoms with Crippen molar-refractivity contribution in [3.63, 3.8) is 0 Å². The molecule has 1 aliphatic heterocycles. The van der Waals surface area contributed by atoms with Gasteiger partial charge in [-0.25, -0.2) is 14.8 Å². The fourth-order valence-corrected chi connectivity index (χ4v) is 2.92. The first-order valence-electron chi connectivity index (χ1n) is 5.43. The Morgan fingerprint density at radius 3 is 3.00 bits per heavy atom. The molecule has 2 rings (SSSR count). The lowest BCUT2D eigenvalue weighted by atomic mass is 10.2. The van der Waals surface area contributed by atoms with E-state index in [1.54, 1.807) is 0 Å². The minimum Gasteiger partial charge on any atom is -0.477 e. The van der Waals surface area contributed by atoms with Crippen LogP contribution < -0.4 is 4.90 Å². The van der Waals surface area contributed by atoms with Crippen LogP contribution in [0.1, 0.15) is 24.3 Å². The highest BCUT2D eigenvalue weighted by Gasteiger charge is 2.28. The summed E-state index contributed by atoms with van der Waals surface area (Å²) in [6.45, 7) is 6.04. The van der Waals surface area contributed by atoms with E-state index < -0.39 is 5.97 Å². The lowest BCUT2D eigenvalue weighted by Gasteiger charge is -2.37. The van der Waals surface area contributed by atoms with E-state index in [2.05, 4.69) is 23.8 Å². The van der Waals surface area contributed by atoms with Crippen molar-refractivity contribution in [1.82, 2.24) is 9.97 Å². The molecule has 1 aromatic heterocycles. The van der Waals surface area contributed by atoms with Crippen molar-refractivity contribution in [3.05, 3.63) is 18.0 Å². The van der Waals surface area contributed by atoms with Gasteiger partial charge in [0.15, 0.2) is 5.69 Å². The normalized spacial score (nSPS) is 19.1. The van der Waals surface area contributed by atoms with Gasteiger partial charge in [0.1, 0.15) is 0 Å². The van der Waals surface area contributed by atoms with Crippen molar-refractivity contribution < 1.29 is 9.90 Å². The molecule has 0 amide bonds. The second kappa shape index (κ2) is 4.52. The number of thioether (sulfide) groups is 1. The molecule has 0 aromatic carbocycles. The molecule has 0 spiro atoms. The summed E-state index contributed by atoms with van der Waals surface area (Å²) in [5.41, 5.74) is 0.0473. The number of nitrogens with zero attached hydrogens (tertiary/aromatic N) is 3. The molecule has 17 heavy (non-hydrogen) atoms. The van der Waals surface area contributed by atoms with Crippen LogP contribution in [0.15, 0.2) is 12.3 Å². The quantitative estimate of drug-likeness (QED) is 0.861. The number of anilines is 1. The number of hydrogen-bond acceptors (Lipinski definition) is 5. The molecule has 1 saturated heterocycles. The summed E-state index contributed by atoms with van der Waals surface area (Å²) >= 11 is 1.92. The van der Waals surface area contributed by atoms with Crippen LogP contribution in [0.25, 0.3) is 0 Å². The summed E-state index contributed by atoms with van der Waals surface area (Å²) in [4.78, 5) is 21.1. The second-order valence-corrected chi connectivity index (χ2v) is 6.38. The third-order valence-electron chi connectivity index (χ3n) is 2.57. The van der Waals surface area contributed by atoms with Crippen LogP contribution in [-0.4, -0.2) is 44.6 Å². The maximum Gasteiger partial charge on any atom is 0.354 e. The van der Waals surface area contributed by atoms with Crippen LogP contribution in [-0.2, 0) is 0 Å². The maximum atomic E-state index is 10.9. The molecular weight excluding hydrogens is 238 g/mol. The van der Waals surface area contributed by atoms with E-state index in [1.807, 2.05) is 16.7 Å². The maximum absolute atomic E-state index is 10.9. The number of hydrogen-bond donors (Lipinski definition) is 1. The minimum absolute atomic E-state index is 0.0473. The van der Waals surface area contributed by atoms with Gasteiger partial charge in [-0.3, -0.25) is 0 Å². The minimum atomic E-state index is -1.01. The first-order valence-corrected chi connectivity index (χ1v) is 6.42. The SMILES string of the molecule is CC1(C)CN(c2nccc(C(=O)O)n2)CCS1. The molecule has 0 radical (unpaired) electrons. The summed E-state index contributed by atoms with van der Waals surface area (Å²) < 4.78 is 0.154. The van der Waals surface area contributed by atoms with Gasteiger partial charge in [0.05, 0.1) is 0 Å². The van der Waals surface area contributed by atoms with Crippen molar-refractivity contribution in [3.8, 4) is 0 Å². The molecule has 1 aromatic rings. The average molecular weight is 253 g/mol. The highest BCUT2D eigenvalue weighted by Crippen LogP contribution is 2.30. The van der Waals surface area contributed by atoms with Crippen LogP contribution in [0.4, 0.5) is 5.95 Å². The predicted molar refractivity (Wildman–Crippen MR) is 67.7 cm³/mol. The fraction of sp³-hybridized carbons (Fsp3) is 0.545. The Balaban J connectivity index is 2.22. The average Bonchev–Trinajstić information content (AvgIpc) is 2.28. The summed E-state index contributed by atoms with van der Waals surface area (Å²) in [6.07, 6.45) is 1.50. The van der Waals surface area contributed by atoms with Gasteiger partial charge in [0.2, 0.25) is 5.95 Å². The van der Waals surface area contributed by atoms with Crippen LogP contribution in [0.2, 0.25) is 0 Å². The van der Waals surface area contributed by atoms with Crippen LogP contribution in [0, 0.1) is 0 Å². The van der Waals surface area contributed by atoms with Crippen molar-refractivity contribution >= 4 is 23.7 Å². The Morgan fingerprint density at radius 2 is 2.35 bits per heavy atom. The van der Waals surface area contributed by atoms with E-state index in [1.165, 1.54) is 12.3 Å². The monoisotopic (exact) mass is 253 g/mol. The summed E-state index contributed by atoms with van der Waals surface area (Å²) in [5.74, 6) is 0.505. The first-order chi connectivity index (χ1) is 7.98. The number of rotatable bonds is 2. The predicted octanol–water partition coefficient (Wildman–Crippen LogP) is 1.51. The molecule has 1 fully saturated rings. The van der Waals surface area contributed by atoms with Gasteiger partial charge in [0.25, 0.3) is 0 Å². The third-order valence-corrected chi connectivity index (χ3v) is 3.87. The van der Waals surface area contributed by atoms with Gasteiger partial charge in [-0.15, -0.1) is 0 Å². The Morgan fingerprint density at radius 1 is 1.59 bits per heavy atom. The van der Waals surface area contributed by atoms with Crippen molar-refractivity contribution in [2.45, 2.75) is 18.6 Å². The number of carbonyl (C=O) groups is 1. The van der Waals surface area contributed by atoms with Crippen LogP contribution in [0.5, 0.6) is 0 Å². The lowest BCUT2D eigenvalue weighted by Crippen LogP contribution is -2.44. The standard InChI is InChI=1S/C11H15N3O2S/c1-11(2)7-14(5-6-17-11)10-12-4-3-8(13-10)9(15)16/h3-4H,5-7H2,1-2H3,(H,15,16). The van der Waals surface area contributed by atoms with Crippen LogP contribution in [0.3, 0.4) is 0 Å². The van der Waals surface area contributed by atoms with Gasteiger partial charge in [-0.05, 0) is 19.9 Å². The molecule has 1 aliphatic rings. The molecule has 6 heteroatoms. The molecule has 92 valence electrons. The summed E-state index contributed by atoms with van der Waals surface area (Å²) in [6, 6.07) is 1.41. The zero-order valence-electron chi connectivity index (χ0n) is 9.88. The van der Waals surface area contributed by atoms with E-state index >= 15 is 0 Å². The molecule has 0 unspecified atom stereocenters. The number of aromatic nitrogens is 2. The van der Waals surface area contributed by atoms with Crippen LogP contribution >= 0.6 is 11.8 Å². The van der Waals surface area contributed by atoms with Crippen molar-refractivity contribution in [1.29, 1.82) is 0 Å². The molecule has 1 N–H and O–H groups in total. The Labute approximate surface area is 104 Å². The molecule has 0 atom stereocenters. The van der Waals surface area contributed by atoms with Gasteiger partial charge in [-0.1, -0.05) is 0 Å². The third kappa shape index (κ3) is 2.88.